The lowest BCUT2D eigenvalue weighted by Crippen LogP contribution is -2.13. The first kappa shape index (κ1) is 16.8. The number of carbonyl (C=O) groups excluding carboxylic acids is 1. The normalized spacial score (nSPS) is 11.2. The quantitative estimate of drug-likeness (QED) is 0.687. The van der Waals surface area contributed by atoms with Crippen LogP contribution in [-0.4, -0.2) is 15.7 Å². The number of amides is 1. The molecule has 0 fully saturated rings. The number of nitrogens with one attached hydrogen (secondary N) is 1. The number of nitrogens with zero attached hydrogens (tertiary/aromatic N) is 3. The number of anilines is 1. The second-order valence-corrected chi connectivity index (χ2v) is 5.41. The number of halogens is 1. The van der Waals surface area contributed by atoms with E-state index in [-0.39, 0.29) is 5.57 Å². The third-order valence-corrected chi connectivity index (χ3v) is 3.84. The van der Waals surface area contributed by atoms with E-state index >= 15 is 0 Å². The van der Waals surface area contributed by atoms with Crippen molar-refractivity contribution in [3.63, 3.8) is 0 Å². The smallest absolute Gasteiger partial charge is 0.266 e. The van der Waals surface area contributed by atoms with Crippen LogP contribution in [0.3, 0.4) is 0 Å². The fourth-order valence-electron chi connectivity index (χ4n) is 2.27. The standard InChI is InChI=1S/C17H17ClN4O/c1-4-22-12(3)14(11(2)21-22)9-13(10-19)17(23)20-16-8-6-5-7-15(16)18/h5-9H,4H2,1-3H3,(H,20,23)/b13-9+. The molecule has 118 valence electrons. The zero-order valence-electron chi connectivity index (χ0n) is 13.2. The molecule has 1 aromatic carbocycles. The summed E-state index contributed by atoms with van der Waals surface area (Å²) in [6, 6.07) is 8.82. The number of hydrogen-bond donors (Lipinski definition) is 1. The maximum Gasteiger partial charge on any atom is 0.266 e. The number of hydrogen-bond acceptors (Lipinski definition) is 3. The van der Waals surface area contributed by atoms with Crippen LogP contribution in [-0.2, 0) is 11.3 Å². The summed E-state index contributed by atoms with van der Waals surface area (Å²) >= 11 is 6.02. The van der Waals surface area contributed by atoms with Gasteiger partial charge in [-0.2, -0.15) is 10.4 Å². The molecule has 0 unspecified atom stereocenters. The molecule has 5 nitrogen and oxygen atoms in total. The number of carbonyl (C=O) groups is 1. The summed E-state index contributed by atoms with van der Waals surface area (Å²) in [5.74, 6) is -0.497. The Morgan fingerprint density at radius 3 is 2.70 bits per heavy atom. The van der Waals surface area contributed by atoms with Crippen molar-refractivity contribution in [2.24, 2.45) is 0 Å². The summed E-state index contributed by atoms with van der Waals surface area (Å²) < 4.78 is 1.84. The Balaban J connectivity index is 2.33. The van der Waals surface area contributed by atoms with E-state index in [1.54, 1.807) is 30.3 Å². The molecule has 6 heteroatoms. The molecule has 23 heavy (non-hydrogen) atoms. The van der Waals surface area contributed by atoms with Crippen LogP contribution in [0.4, 0.5) is 5.69 Å². The van der Waals surface area contributed by atoms with E-state index in [0.29, 0.717) is 10.7 Å². The summed E-state index contributed by atoms with van der Waals surface area (Å²) in [7, 11) is 0. The molecule has 1 amide bonds. The Morgan fingerprint density at radius 2 is 2.13 bits per heavy atom. The van der Waals surface area contributed by atoms with E-state index < -0.39 is 5.91 Å². The Hall–Kier alpha value is -2.58. The summed E-state index contributed by atoms with van der Waals surface area (Å²) in [6.07, 6.45) is 1.57. The largest absolute Gasteiger partial charge is 0.320 e. The molecule has 0 saturated heterocycles. The third-order valence-electron chi connectivity index (χ3n) is 3.51. The molecule has 0 spiro atoms. The summed E-state index contributed by atoms with van der Waals surface area (Å²) in [6.45, 7) is 6.48. The van der Waals surface area contributed by atoms with Crippen LogP contribution in [0.15, 0.2) is 29.8 Å². The monoisotopic (exact) mass is 328 g/mol. The lowest BCUT2D eigenvalue weighted by molar-refractivity contribution is -0.112. The van der Waals surface area contributed by atoms with Crippen molar-refractivity contribution < 1.29 is 4.79 Å². The van der Waals surface area contributed by atoms with Gasteiger partial charge in [-0.1, -0.05) is 23.7 Å². The van der Waals surface area contributed by atoms with Crippen LogP contribution in [0.5, 0.6) is 0 Å². The number of rotatable bonds is 4. The van der Waals surface area contributed by atoms with Crippen LogP contribution in [0.2, 0.25) is 5.02 Å². The molecule has 0 aliphatic carbocycles. The van der Waals surface area contributed by atoms with Crippen molar-refractivity contribution in [3.05, 3.63) is 51.8 Å². The van der Waals surface area contributed by atoms with Crippen molar-refractivity contribution in [3.8, 4) is 6.07 Å². The topological polar surface area (TPSA) is 70.7 Å². The number of nitriles is 1. The number of aromatic nitrogens is 2. The van der Waals surface area contributed by atoms with Crippen LogP contribution in [0.1, 0.15) is 23.9 Å². The van der Waals surface area contributed by atoms with Gasteiger partial charge in [0.15, 0.2) is 0 Å². The van der Waals surface area contributed by atoms with E-state index in [0.717, 1.165) is 23.5 Å². The van der Waals surface area contributed by atoms with Gasteiger partial charge < -0.3 is 5.32 Å². The lowest BCUT2D eigenvalue weighted by Gasteiger charge is -2.06. The number of para-hydroxylation sites is 1. The number of aryl methyl sites for hydroxylation is 2. The Morgan fingerprint density at radius 1 is 1.43 bits per heavy atom. The van der Waals surface area contributed by atoms with Crippen LogP contribution in [0.25, 0.3) is 6.08 Å². The molecule has 2 rings (SSSR count). The molecule has 0 aliphatic heterocycles. The van der Waals surface area contributed by atoms with Crippen molar-refractivity contribution in [2.45, 2.75) is 27.3 Å². The minimum Gasteiger partial charge on any atom is -0.320 e. The first-order valence-corrected chi connectivity index (χ1v) is 7.57. The predicted molar refractivity (Wildman–Crippen MR) is 91.0 cm³/mol. The zero-order chi connectivity index (χ0) is 17.0. The second kappa shape index (κ2) is 7.12. The Labute approximate surface area is 140 Å². The zero-order valence-corrected chi connectivity index (χ0v) is 14.0. The van der Waals surface area contributed by atoms with Gasteiger partial charge >= 0.3 is 0 Å². The molecule has 1 N–H and O–H groups in total. The predicted octanol–water partition coefficient (Wildman–Crippen LogP) is 3.72. The highest BCUT2D eigenvalue weighted by Crippen LogP contribution is 2.22. The molecule has 0 saturated carbocycles. The third kappa shape index (κ3) is 3.61. The van der Waals surface area contributed by atoms with Gasteiger partial charge in [-0.3, -0.25) is 9.48 Å². The van der Waals surface area contributed by atoms with Crippen molar-refractivity contribution in [1.82, 2.24) is 9.78 Å². The highest BCUT2D eigenvalue weighted by Gasteiger charge is 2.15. The molecule has 0 bridgehead atoms. The maximum atomic E-state index is 12.3. The van der Waals surface area contributed by atoms with Gasteiger partial charge in [-0.15, -0.1) is 0 Å². The Bertz CT molecular complexity index is 814. The van der Waals surface area contributed by atoms with E-state index in [4.69, 9.17) is 11.6 Å². The highest BCUT2D eigenvalue weighted by molar-refractivity contribution is 6.34. The fourth-order valence-corrected chi connectivity index (χ4v) is 2.46. The minimum absolute atomic E-state index is 0.00627. The average molecular weight is 329 g/mol. The first-order chi connectivity index (χ1) is 11.0. The molecule has 0 radical (unpaired) electrons. The molecule has 0 aliphatic rings. The van der Waals surface area contributed by atoms with Crippen LogP contribution < -0.4 is 5.32 Å². The van der Waals surface area contributed by atoms with Gasteiger partial charge in [0.25, 0.3) is 5.91 Å². The maximum absolute atomic E-state index is 12.3. The van der Waals surface area contributed by atoms with Gasteiger partial charge in [-0.25, -0.2) is 0 Å². The summed E-state index contributed by atoms with van der Waals surface area (Å²) in [5, 5.41) is 16.8. The summed E-state index contributed by atoms with van der Waals surface area (Å²) in [5.41, 5.74) is 2.97. The van der Waals surface area contributed by atoms with E-state index in [2.05, 4.69) is 10.4 Å². The number of benzene rings is 1. The fraction of sp³-hybridized carbons (Fsp3) is 0.235. The van der Waals surface area contributed by atoms with E-state index in [9.17, 15) is 10.1 Å². The van der Waals surface area contributed by atoms with Crippen LogP contribution in [0, 0.1) is 25.2 Å². The Kier molecular flexibility index (Phi) is 5.20. The van der Waals surface area contributed by atoms with E-state index in [1.165, 1.54) is 0 Å². The van der Waals surface area contributed by atoms with Gasteiger partial charge in [0.2, 0.25) is 0 Å². The van der Waals surface area contributed by atoms with Gasteiger partial charge in [-0.05, 0) is 39.0 Å². The van der Waals surface area contributed by atoms with Gasteiger partial charge in [0, 0.05) is 17.8 Å². The molecule has 0 atom stereocenters. The van der Waals surface area contributed by atoms with Crippen molar-refractivity contribution >= 4 is 29.3 Å². The lowest BCUT2D eigenvalue weighted by atomic mass is 10.1. The van der Waals surface area contributed by atoms with Crippen LogP contribution >= 0.6 is 11.6 Å². The summed E-state index contributed by atoms with van der Waals surface area (Å²) in [4.78, 5) is 12.3. The van der Waals surface area contributed by atoms with Crippen molar-refractivity contribution in [2.75, 3.05) is 5.32 Å². The molecule has 2 aromatic rings. The van der Waals surface area contributed by atoms with Crippen molar-refractivity contribution in [1.29, 1.82) is 5.26 Å². The molecular weight excluding hydrogens is 312 g/mol. The molecule has 1 heterocycles. The molecular formula is C17H17ClN4O. The first-order valence-electron chi connectivity index (χ1n) is 7.19. The molecule has 1 aromatic heterocycles. The van der Waals surface area contributed by atoms with E-state index in [1.807, 2.05) is 31.5 Å². The minimum atomic E-state index is -0.497. The van der Waals surface area contributed by atoms with Gasteiger partial charge in [0.05, 0.1) is 16.4 Å². The second-order valence-electron chi connectivity index (χ2n) is 5.00. The average Bonchev–Trinajstić information content (AvgIpc) is 2.81. The highest BCUT2D eigenvalue weighted by atomic mass is 35.5. The SMILES string of the molecule is CCn1nc(C)c(/C=C(\C#N)C(=O)Nc2ccccc2Cl)c1C. The van der Waals surface area contributed by atoms with Gasteiger partial charge in [0.1, 0.15) is 11.6 Å².